The normalized spacial score (nSPS) is 20.5. The molecule has 0 bridgehead atoms. The molecule has 5 aromatic rings. The average Bonchev–Trinajstić information content (AvgIpc) is 3.46. The molecule has 0 amide bonds. The first-order chi connectivity index (χ1) is 16.7. The van der Waals surface area contributed by atoms with Crippen LogP contribution in [0.2, 0.25) is 0 Å². The number of thiophene rings is 1. The molecule has 2 aliphatic rings. The van der Waals surface area contributed by atoms with Crippen LogP contribution in [0, 0.1) is 5.92 Å². The van der Waals surface area contributed by atoms with Crippen LogP contribution in [0.3, 0.4) is 0 Å². The molecule has 5 heterocycles. The van der Waals surface area contributed by atoms with Gasteiger partial charge in [0, 0.05) is 17.5 Å². The summed E-state index contributed by atoms with van der Waals surface area (Å²) in [5, 5.41) is 9.08. The topological polar surface area (TPSA) is 85.7 Å². The van der Waals surface area contributed by atoms with E-state index in [1.807, 2.05) is 0 Å². The van der Waals surface area contributed by atoms with Crippen molar-refractivity contribution in [3.63, 3.8) is 0 Å². The van der Waals surface area contributed by atoms with Gasteiger partial charge in [-0.2, -0.15) is 5.10 Å². The molecule has 0 atom stereocenters. The van der Waals surface area contributed by atoms with Gasteiger partial charge in [0.15, 0.2) is 5.65 Å². The zero-order valence-corrected chi connectivity index (χ0v) is 19.6. The lowest BCUT2D eigenvalue weighted by Gasteiger charge is -2.41. The van der Waals surface area contributed by atoms with Gasteiger partial charge in [0.2, 0.25) is 0 Å². The Labute approximate surface area is 201 Å². The summed E-state index contributed by atoms with van der Waals surface area (Å²) in [6, 6.07) is 15.0. The predicted molar refractivity (Wildman–Crippen MR) is 137 cm³/mol. The van der Waals surface area contributed by atoms with Gasteiger partial charge in [0.05, 0.1) is 27.5 Å². The summed E-state index contributed by atoms with van der Waals surface area (Å²) in [6.07, 6.45) is 5.17. The van der Waals surface area contributed by atoms with Gasteiger partial charge >= 0.3 is 0 Å². The van der Waals surface area contributed by atoms with E-state index < -0.39 is 0 Å². The van der Waals surface area contributed by atoms with Crippen molar-refractivity contribution in [2.75, 3.05) is 25.4 Å². The summed E-state index contributed by atoms with van der Waals surface area (Å²) in [6.45, 7) is 3.72. The Morgan fingerprint density at radius 1 is 1.06 bits per heavy atom. The monoisotopic (exact) mass is 467 g/mol. The molecule has 1 saturated carbocycles. The van der Waals surface area contributed by atoms with Crippen molar-refractivity contribution in [1.29, 1.82) is 0 Å². The lowest BCUT2D eigenvalue weighted by molar-refractivity contribution is 0.0880. The molecule has 0 spiro atoms. The molecule has 7 rings (SSSR count). The van der Waals surface area contributed by atoms with E-state index in [0.717, 1.165) is 62.5 Å². The molecule has 1 saturated heterocycles. The maximum absolute atomic E-state index is 6.36. The first kappa shape index (κ1) is 20.1. The highest BCUT2D eigenvalue weighted by Crippen LogP contribution is 2.42. The van der Waals surface area contributed by atoms with Gasteiger partial charge in [-0.3, -0.25) is 0 Å². The SMILES string of the molecule is Nc1ncnc2c1c(-c1ccc3ccc(-c4cccs4)nc3c1)nn2C1CC(CN2CCC2)C1. The van der Waals surface area contributed by atoms with Crippen molar-refractivity contribution in [3.8, 4) is 21.8 Å². The maximum Gasteiger partial charge on any atom is 0.164 e. The minimum Gasteiger partial charge on any atom is -0.383 e. The van der Waals surface area contributed by atoms with Crippen LogP contribution in [-0.2, 0) is 0 Å². The minimum absolute atomic E-state index is 0.362. The molecule has 4 aromatic heterocycles. The quantitative estimate of drug-likeness (QED) is 0.391. The van der Waals surface area contributed by atoms with E-state index in [4.69, 9.17) is 15.8 Å². The summed E-state index contributed by atoms with van der Waals surface area (Å²) < 4.78 is 2.09. The molecule has 1 aromatic carbocycles. The zero-order valence-electron chi connectivity index (χ0n) is 18.8. The van der Waals surface area contributed by atoms with E-state index >= 15 is 0 Å². The van der Waals surface area contributed by atoms with E-state index in [0.29, 0.717) is 11.9 Å². The Balaban J connectivity index is 1.27. The highest BCUT2D eigenvalue weighted by Gasteiger charge is 2.35. The van der Waals surface area contributed by atoms with Crippen molar-refractivity contribution >= 4 is 39.1 Å². The van der Waals surface area contributed by atoms with Crippen molar-refractivity contribution in [1.82, 2.24) is 29.6 Å². The molecule has 34 heavy (non-hydrogen) atoms. The van der Waals surface area contributed by atoms with Crippen molar-refractivity contribution in [2.45, 2.75) is 25.3 Å². The number of fused-ring (bicyclic) bond motifs is 2. The molecule has 1 aliphatic carbocycles. The molecular formula is C26H25N7S. The number of pyridine rings is 1. The Morgan fingerprint density at radius 2 is 1.94 bits per heavy atom. The predicted octanol–water partition coefficient (Wildman–Crippen LogP) is 5.01. The number of nitrogens with two attached hydrogens (primary N) is 1. The number of hydrogen-bond donors (Lipinski definition) is 1. The maximum atomic E-state index is 6.36. The second-order valence-corrected chi connectivity index (χ2v) is 10.4. The number of aromatic nitrogens is 5. The van der Waals surface area contributed by atoms with Crippen LogP contribution in [0.25, 0.3) is 43.8 Å². The second kappa shape index (κ2) is 7.85. The highest BCUT2D eigenvalue weighted by molar-refractivity contribution is 7.13. The van der Waals surface area contributed by atoms with Crippen LogP contribution >= 0.6 is 11.3 Å². The fourth-order valence-corrected chi connectivity index (χ4v) is 5.95. The standard InChI is InChI=1S/C26H25N7S/c27-25-23-24(18-5-4-17-6-7-20(30-21(17)13-18)22-3-1-10-34-22)31-33(26(23)29-15-28-25)19-11-16(12-19)14-32-8-2-9-32/h1,3-7,10,13,15-16,19H,2,8-9,11-12,14H2,(H2,27,28,29). The average molecular weight is 468 g/mol. The molecule has 0 unspecified atom stereocenters. The number of hydrogen-bond acceptors (Lipinski definition) is 7. The first-order valence-corrected chi connectivity index (χ1v) is 12.8. The van der Waals surface area contributed by atoms with Crippen LogP contribution < -0.4 is 5.73 Å². The van der Waals surface area contributed by atoms with Gasteiger partial charge < -0.3 is 10.6 Å². The number of benzene rings is 1. The number of nitrogens with zero attached hydrogens (tertiary/aromatic N) is 6. The summed E-state index contributed by atoms with van der Waals surface area (Å²) in [5.41, 5.74) is 10.9. The van der Waals surface area contributed by atoms with Crippen LogP contribution in [0.5, 0.6) is 0 Å². The third-order valence-corrected chi connectivity index (χ3v) is 8.17. The van der Waals surface area contributed by atoms with E-state index in [1.54, 1.807) is 17.7 Å². The van der Waals surface area contributed by atoms with E-state index in [1.165, 1.54) is 26.1 Å². The zero-order chi connectivity index (χ0) is 22.6. The van der Waals surface area contributed by atoms with Gasteiger partial charge in [-0.25, -0.2) is 19.6 Å². The highest BCUT2D eigenvalue weighted by atomic mass is 32.1. The van der Waals surface area contributed by atoms with Crippen LogP contribution in [0.15, 0.2) is 54.2 Å². The lowest BCUT2D eigenvalue weighted by Crippen LogP contribution is -2.44. The van der Waals surface area contributed by atoms with Crippen molar-refractivity contribution in [2.24, 2.45) is 5.92 Å². The van der Waals surface area contributed by atoms with Gasteiger partial charge in [-0.1, -0.05) is 24.3 Å². The third kappa shape index (κ3) is 3.28. The Kier molecular flexibility index (Phi) is 4.63. The number of rotatable bonds is 5. The third-order valence-electron chi connectivity index (χ3n) is 7.28. The summed E-state index contributed by atoms with van der Waals surface area (Å²) in [7, 11) is 0. The van der Waals surface area contributed by atoms with Crippen LogP contribution in [0.4, 0.5) is 5.82 Å². The van der Waals surface area contributed by atoms with E-state index in [-0.39, 0.29) is 0 Å². The second-order valence-electron chi connectivity index (χ2n) is 9.48. The first-order valence-electron chi connectivity index (χ1n) is 11.9. The molecule has 7 nitrogen and oxygen atoms in total. The fraction of sp³-hybridized carbons (Fsp3) is 0.308. The Morgan fingerprint density at radius 3 is 2.74 bits per heavy atom. The molecule has 0 radical (unpaired) electrons. The van der Waals surface area contributed by atoms with E-state index in [2.05, 4.69) is 67.4 Å². The summed E-state index contributed by atoms with van der Waals surface area (Å²) in [5.74, 6) is 1.22. The minimum atomic E-state index is 0.362. The van der Waals surface area contributed by atoms with Gasteiger partial charge in [-0.15, -0.1) is 11.3 Å². The molecule has 170 valence electrons. The van der Waals surface area contributed by atoms with Crippen molar-refractivity contribution < 1.29 is 0 Å². The summed E-state index contributed by atoms with van der Waals surface area (Å²) >= 11 is 1.70. The van der Waals surface area contributed by atoms with Gasteiger partial charge in [-0.05, 0) is 61.8 Å². The van der Waals surface area contributed by atoms with Gasteiger partial charge in [0.1, 0.15) is 17.8 Å². The number of anilines is 1. The van der Waals surface area contributed by atoms with Crippen LogP contribution in [0.1, 0.15) is 25.3 Å². The summed E-state index contributed by atoms with van der Waals surface area (Å²) in [4.78, 5) is 17.5. The Hall–Kier alpha value is -3.36. The lowest BCUT2D eigenvalue weighted by atomic mass is 9.79. The number of likely N-dealkylation sites (tertiary alicyclic amines) is 1. The largest absolute Gasteiger partial charge is 0.383 e. The van der Waals surface area contributed by atoms with E-state index in [9.17, 15) is 0 Å². The molecule has 1 aliphatic heterocycles. The molecular weight excluding hydrogens is 442 g/mol. The number of nitrogen functional groups attached to an aromatic ring is 1. The van der Waals surface area contributed by atoms with Crippen LogP contribution in [-0.4, -0.2) is 49.3 Å². The van der Waals surface area contributed by atoms with Gasteiger partial charge in [0.25, 0.3) is 0 Å². The van der Waals surface area contributed by atoms with Crippen molar-refractivity contribution in [3.05, 3.63) is 54.2 Å². The molecule has 8 heteroatoms. The molecule has 2 N–H and O–H groups in total. The Bertz CT molecular complexity index is 1500. The molecule has 2 fully saturated rings. The smallest absolute Gasteiger partial charge is 0.164 e. The fourth-order valence-electron chi connectivity index (χ4n) is 5.26.